The van der Waals surface area contributed by atoms with Crippen molar-refractivity contribution in [3.05, 3.63) is 78.2 Å². The van der Waals surface area contributed by atoms with Crippen molar-refractivity contribution in [1.82, 2.24) is 30.0 Å². The van der Waals surface area contributed by atoms with Gasteiger partial charge in [0.15, 0.2) is 11.5 Å². The first kappa shape index (κ1) is 19.3. The van der Waals surface area contributed by atoms with E-state index in [2.05, 4.69) is 32.5 Å². The maximum absolute atomic E-state index is 12.6. The second-order valence-electron chi connectivity index (χ2n) is 7.85. The first-order chi connectivity index (χ1) is 15.2. The van der Waals surface area contributed by atoms with Crippen LogP contribution in [0.4, 0.5) is 4.79 Å². The Labute approximate surface area is 179 Å². The average Bonchev–Trinajstić information content (AvgIpc) is 3.48. The third-order valence-electron chi connectivity index (χ3n) is 5.72. The van der Waals surface area contributed by atoms with Gasteiger partial charge in [-0.15, -0.1) is 0 Å². The Morgan fingerprint density at radius 2 is 1.84 bits per heavy atom. The molecule has 3 heterocycles. The van der Waals surface area contributed by atoms with Crippen molar-refractivity contribution < 1.29 is 9.21 Å². The van der Waals surface area contributed by atoms with E-state index in [0.29, 0.717) is 26.2 Å². The van der Waals surface area contributed by atoms with Crippen LogP contribution < -0.4 is 5.32 Å². The highest BCUT2D eigenvalue weighted by molar-refractivity contribution is 5.74. The zero-order valence-electron chi connectivity index (χ0n) is 17.1. The monoisotopic (exact) mass is 416 g/mol. The SMILES string of the molecule is O=C(NCc1ccc(Cn2cncn2)cc1)N1CCC(c2nc3ccccc3o2)CC1. The fraction of sp³-hybridized carbons (Fsp3) is 0.304. The van der Waals surface area contributed by atoms with Crippen LogP contribution in [0.25, 0.3) is 11.1 Å². The van der Waals surface area contributed by atoms with Crippen LogP contribution in [0.2, 0.25) is 0 Å². The van der Waals surface area contributed by atoms with Crippen LogP contribution in [0, 0.1) is 0 Å². The van der Waals surface area contributed by atoms with Gasteiger partial charge in [-0.1, -0.05) is 36.4 Å². The molecule has 0 radical (unpaired) electrons. The van der Waals surface area contributed by atoms with Crippen LogP contribution in [0.3, 0.4) is 0 Å². The Balaban J connectivity index is 1.10. The molecule has 0 bridgehead atoms. The second kappa shape index (κ2) is 8.59. The van der Waals surface area contributed by atoms with Gasteiger partial charge in [-0.25, -0.2) is 19.4 Å². The Morgan fingerprint density at radius 1 is 1.06 bits per heavy atom. The lowest BCUT2D eigenvalue weighted by molar-refractivity contribution is 0.177. The molecule has 2 aromatic heterocycles. The smallest absolute Gasteiger partial charge is 0.317 e. The highest BCUT2D eigenvalue weighted by atomic mass is 16.3. The molecule has 1 saturated heterocycles. The van der Waals surface area contributed by atoms with E-state index >= 15 is 0 Å². The molecule has 158 valence electrons. The van der Waals surface area contributed by atoms with E-state index in [1.54, 1.807) is 11.0 Å². The molecule has 1 N–H and O–H groups in total. The van der Waals surface area contributed by atoms with E-state index in [9.17, 15) is 4.79 Å². The van der Waals surface area contributed by atoms with Crippen molar-refractivity contribution in [1.29, 1.82) is 0 Å². The van der Waals surface area contributed by atoms with Gasteiger partial charge in [0.1, 0.15) is 18.2 Å². The summed E-state index contributed by atoms with van der Waals surface area (Å²) in [7, 11) is 0. The number of hydrogen-bond acceptors (Lipinski definition) is 5. The van der Waals surface area contributed by atoms with Crippen LogP contribution in [0.5, 0.6) is 0 Å². The highest BCUT2D eigenvalue weighted by Crippen LogP contribution is 2.29. The minimum atomic E-state index is -0.0253. The third-order valence-corrected chi connectivity index (χ3v) is 5.72. The zero-order chi connectivity index (χ0) is 21.0. The third kappa shape index (κ3) is 4.42. The lowest BCUT2D eigenvalue weighted by Gasteiger charge is -2.30. The molecule has 0 aliphatic carbocycles. The number of rotatable bonds is 5. The lowest BCUT2D eigenvalue weighted by atomic mass is 9.97. The Kier molecular flexibility index (Phi) is 5.35. The van der Waals surface area contributed by atoms with Crippen molar-refractivity contribution >= 4 is 17.1 Å². The number of amides is 2. The quantitative estimate of drug-likeness (QED) is 0.537. The predicted octanol–water partition coefficient (Wildman–Crippen LogP) is 3.56. The maximum atomic E-state index is 12.6. The van der Waals surface area contributed by atoms with E-state index in [-0.39, 0.29) is 11.9 Å². The summed E-state index contributed by atoms with van der Waals surface area (Å²) in [4.78, 5) is 23.0. The van der Waals surface area contributed by atoms with Crippen LogP contribution >= 0.6 is 0 Å². The van der Waals surface area contributed by atoms with E-state index in [1.807, 2.05) is 41.3 Å². The number of urea groups is 1. The fourth-order valence-corrected chi connectivity index (χ4v) is 3.95. The van der Waals surface area contributed by atoms with E-state index in [0.717, 1.165) is 41.0 Å². The molecule has 4 aromatic rings. The first-order valence-electron chi connectivity index (χ1n) is 10.5. The van der Waals surface area contributed by atoms with Gasteiger partial charge in [0.2, 0.25) is 0 Å². The molecule has 0 unspecified atom stereocenters. The molecule has 2 aromatic carbocycles. The maximum Gasteiger partial charge on any atom is 0.317 e. The minimum absolute atomic E-state index is 0.0253. The highest BCUT2D eigenvalue weighted by Gasteiger charge is 2.26. The first-order valence-corrected chi connectivity index (χ1v) is 10.5. The largest absolute Gasteiger partial charge is 0.440 e. The van der Waals surface area contributed by atoms with Crippen molar-refractivity contribution in [3.63, 3.8) is 0 Å². The minimum Gasteiger partial charge on any atom is -0.440 e. The molecule has 2 amide bonds. The van der Waals surface area contributed by atoms with Crippen LogP contribution in [0.1, 0.15) is 35.8 Å². The molecule has 0 saturated carbocycles. The number of aromatic nitrogens is 4. The molecule has 0 spiro atoms. The molecule has 8 heteroatoms. The van der Waals surface area contributed by atoms with Crippen LogP contribution in [-0.2, 0) is 13.1 Å². The molecule has 1 aliphatic heterocycles. The summed E-state index contributed by atoms with van der Waals surface area (Å²) in [6.45, 7) is 2.59. The molecule has 31 heavy (non-hydrogen) atoms. The standard InChI is InChI=1S/C23H24N6O2/c30-23(25-13-17-5-7-18(8-6-17)14-29-16-24-15-26-29)28-11-9-19(10-12-28)22-27-20-3-1-2-4-21(20)31-22/h1-8,15-16,19H,9-14H2,(H,25,30). The number of benzene rings is 2. The van der Waals surface area contributed by atoms with Crippen molar-refractivity contribution in [2.45, 2.75) is 31.8 Å². The van der Waals surface area contributed by atoms with E-state index < -0.39 is 0 Å². The van der Waals surface area contributed by atoms with Gasteiger partial charge in [0.05, 0.1) is 6.54 Å². The molecule has 1 fully saturated rings. The van der Waals surface area contributed by atoms with Crippen molar-refractivity contribution in [2.24, 2.45) is 0 Å². The average molecular weight is 416 g/mol. The zero-order valence-corrected chi connectivity index (χ0v) is 17.1. The van der Waals surface area contributed by atoms with Crippen molar-refractivity contribution in [2.75, 3.05) is 13.1 Å². The number of fused-ring (bicyclic) bond motifs is 1. The van der Waals surface area contributed by atoms with Crippen LogP contribution in [0.15, 0.2) is 65.6 Å². The fourth-order valence-electron chi connectivity index (χ4n) is 3.95. The Bertz CT molecular complexity index is 1110. The summed E-state index contributed by atoms with van der Waals surface area (Å²) in [6, 6.07) is 16.0. The topological polar surface area (TPSA) is 89.1 Å². The number of carbonyl (C=O) groups is 1. The molecule has 8 nitrogen and oxygen atoms in total. The van der Waals surface area contributed by atoms with Gasteiger partial charge >= 0.3 is 6.03 Å². The predicted molar refractivity (Wildman–Crippen MR) is 115 cm³/mol. The molecular formula is C23H24N6O2. The van der Waals surface area contributed by atoms with Gasteiger partial charge < -0.3 is 14.6 Å². The van der Waals surface area contributed by atoms with Gasteiger partial charge in [0.25, 0.3) is 0 Å². The number of piperidine rings is 1. The lowest BCUT2D eigenvalue weighted by Crippen LogP contribution is -2.43. The van der Waals surface area contributed by atoms with Gasteiger partial charge in [-0.05, 0) is 36.1 Å². The molecule has 0 atom stereocenters. The number of carbonyl (C=O) groups excluding carboxylic acids is 1. The van der Waals surface area contributed by atoms with E-state index in [1.165, 1.54) is 6.33 Å². The number of nitrogens with one attached hydrogen (secondary N) is 1. The second-order valence-corrected chi connectivity index (χ2v) is 7.85. The number of hydrogen-bond donors (Lipinski definition) is 1. The van der Waals surface area contributed by atoms with Gasteiger partial charge in [-0.2, -0.15) is 5.10 Å². The van der Waals surface area contributed by atoms with Crippen molar-refractivity contribution in [3.8, 4) is 0 Å². The number of likely N-dealkylation sites (tertiary alicyclic amines) is 1. The summed E-state index contributed by atoms with van der Waals surface area (Å²) in [5.41, 5.74) is 3.92. The Morgan fingerprint density at radius 3 is 2.58 bits per heavy atom. The summed E-state index contributed by atoms with van der Waals surface area (Å²) >= 11 is 0. The summed E-state index contributed by atoms with van der Waals surface area (Å²) in [5, 5.41) is 7.14. The van der Waals surface area contributed by atoms with Gasteiger partial charge in [-0.3, -0.25) is 0 Å². The number of nitrogens with zero attached hydrogens (tertiary/aromatic N) is 5. The number of oxazole rings is 1. The Hall–Kier alpha value is -3.68. The molecule has 1 aliphatic rings. The molecule has 5 rings (SSSR count). The molecular weight excluding hydrogens is 392 g/mol. The normalized spacial score (nSPS) is 14.8. The summed E-state index contributed by atoms with van der Waals surface area (Å²) in [5.74, 6) is 1.04. The van der Waals surface area contributed by atoms with E-state index in [4.69, 9.17) is 4.42 Å². The summed E-state index contributed by atoms with van der Waals surface area (Å²) in [6.07, 6.45) is 4.94. The van der Waals surface area contributed by atoms with Crippen LogP contribution in [-0.4, -0.2) is 43.8 Å². The van der Waals surface area contributed by atoms with Gasteiger partial charge in [0, 0.05) is 25.6 Å². The number of para-hydroxylation sites is 2. The summed E-state index contributed by atoms with van der Waals surface area (Å²) < 4.78 is 7.69.